The van der Waals surface area contributed by atoms with Crippen molar-refractivity contribution < 1.29 is 9.18 Å². The van der Waals surface area contributed by atoms with Gasteiger partial charge in [0.25, 0.3) is 5.91 Å². The molecule has 1 aliphatic rings. The van der Waals surface area contributed by atoms with Crippen molar-refractivity contribution in [1.82, 2.24) is 30.1 Å². The van der Waals surface area contributed by atoms with Crippen LogP contribution in [-0.2, 0) is 0 Å². The number of piperidine rings is 1. The first kappa shape index (κ1) is 24.0. The molecule has 0 saturated carbocycles. The van der Waals surface area contributed by atoms with Gasteiger partial charge in [-0.25, -0.2) is 14.4 Å². The lowest BCUT2D eigenvalue weighted by molar-refractivity contribution is 0.102. The van der Waals surface area contributed by atoms with Crippen LogP contribution in [0.1, 0.15) is 29.6 Å². The molecule has 1 aliphatic heterocycles. The van der Waals surface area contributed by atoms with Gasteiger partial charge < -0.3 is 15.2 Å². The number of imidazole rings is 1. The number of carbonyl (C=O) groups excluding carboxylic acids is 1. The standard InChI is InChI=1S/C30H25FN8O/c31-23-15-24-22(14-21(23)19-13-20(17-32-16-19)34-30(40)18-7-3-1-4-8-18)26(38-37-24)29-35-27-25(9-10-33-28(27)36-29)39-11-5-2-6-12-39/h1,3-4,7-10,13-17H,2,5-6,11-12H2,(H,34,40)(H,37,38)(H,33,35,36). The summed E-state index contributed by atoms with van der Waals surface area (Å²) in [7, 11) is 0. The summed E-state index contributed by atoms with van der Waals surface area (Å²) in [5.41, 5.74) is 5.52. The average Bonchev–Trinajstić information content (AvgIpc) is 3.61. The van der Waals surface area contributed by atoms with Crippen molar-refractivity contribution in [1.29, 1.82) is 0 Å². The minimum atomic E-state index is -0.435. The summed E-state index contributed by atoms with van der Waals surface area (Å²) < 4.78 is 15.3. The summed E-state index contributed by atoms with van der Waals surface area (Å²) in [5.74, 6) is -0.150. The van der Waals surface area contributed by atoms with E-state index < -0.39 is 5.82 Å². The van der Waals surface area contributed by atoms with E-state index in [0.717, 1.165) is 37.1 Å². The lowest BCUT2D eigenvalue weighted by atomic mass is 10.0. The summed E-state index contributed by atoms with van der Waals surface area (Å²) in [5, 5.41) is 10.9. The maximum absolute atomic E-state index is 15.3. The molecule has 0 atom stereocenters. The summed E-state index contributed by atoms with van der Waals surface area (Å²) in [4.78, 5) is 31.9. The van der Waals surface area contributed by atoms with Crippen LogP contribution in [0.4, 0.5) is 15.8 Å². The third kappa shape index (κ3) is 4.33. The van der Waals surface area contributed by atoms with E-state index >= 15 is 4.39 Å². The number of hydrogen-bond donors (Lipinski definition) is 3. The smallest absolute Gasteiger partial charge is 0.255 e. The van der Waals surface area contributed by atoms with E-state index in [1.54, 1.807) is 48.8 Å². The molecule has 0 bridgehead atoms. The van der Waals surface area contributed by atoms with Crippen molar-refractivity contribution in [2.24, 2.45) is 0 Å². The maximum atomic E-state index is 15.3. The molecule has 0 aliphatic carbocycles. The molecule has 5 heterocycles. The number of anilines is 2. The number of fused-ring (bicyclic) bond motifs is 2. The highest BCUT2D eigenvalue weighted by atomic mass is 19.1. The Balaban J connectivity index is 1.25. The molecule has 4 aromatic heterocycles. The van der Waals surface area contributed by atoms with E-state index in [-0.39, 0.29) is 5.91 Å². The normalized spacial score (nSPS) is 13.7. The number of nitrogens with one attached hydrogen (secondary N) is 3. The quantitative estimate of drug-likeness (QED) is 0.253. The van der Waals surface area contributed by atoms with Gasteiger partial charge in [0.2, 0.25) is 0 Å². The van der Waals surface area contributed by atoms with Gasteiger partial charge in [-0.3, -0.25) is 14.9 Å². The molecule has 1 saturated heterocycles. The maximum Gasteiger partial charge on any atom is 0.255 e. The van der Waals surface area contributed by atoms with Crippen LogP contribution in [0.3, 0.4) is 0 Å². The van der Waals surface area contributed by atoms with Gasteiger partial charge in [0, 0.05) is 53.6 Å². The van der Waals surface area contributed by atoms with Crippen molar-refractivity contribution in [3.8, 4) is 22.6 Å². The minimum absolute atomic E-state index is 0.269. The van der Waals surface area contributed by atoms with E-state index in [9.17, 15) is 4.79 Å². The fourth-order valence-electron chi connectivity index (χ4n) is 5.30. The number of amides is 1. The lowest BCUT2D eigenvalue weighted by Gasteiger charge is -2.28. The summed E-state index contributed by atoms with van der Waals surface area (Å²) in [6.07, 6.45) is 8.45. The van der Waals surface area contributed by atoms with E-state index in [1.807, 2.05) is 12.1 Å². The third-order valence-corrected chi connectivity index (χ3v) is 7.28. The Labute approximate surface area is 228 Å². The number of aromatic amines is 2. The van der Waals surface area contributed by atoms with Crippen molar-refractivity contribution in [3.05, 3.63) is 84.6 Å². The third-order valence-electron chi connectivity index (χ3n) is 7.28. The first-order valence-corrected chi connectivity index (χ1v) is 13.2. The van der Waals surface area contributed by atoms with Crippen LogP contribution in [0.25, 0.3) is 44.7 Å². The molecule has 198 valence electrons. The molecule has 6 aromatic rings. The molecule has 40 heavy (non-hydrogen) atoms. The number of pyridine rings is 2. The Morgan fingerprint density at radius 2 is 1.85 bits per heavy atom. The molecule has 3 N–H and O–H groups in total. The Hall–Kier alpha value is -5.12. The zero-order chi connectivity index (χ0) is 27.1. The predicted molar refractivity (Wildman–Crippen MR) is 153 cm³/mol. The zero-order valence-corrected chi connectivity index (χ0v) is 21.5. The van der Waals surface area contributed by atoms with Gasteiger partial charge in [-0.05, 0) is 49.6 Å². The Kier molecular flexibility index (Phi) is 5.92. The number of rotatable bonds is 5. The van der Waals surface area contributed by atoms with Gasteiger partial charge in [-0.15, -0.1) is 0 Å². The van der Waals surface area contributed by atoms with E-state index in [1.165, 1.54) is 18.7 Å². The van der Waals surface area contributed by atoms with Crippen LogP contribution in [0.15, 0.2) is 73.2 Å². The molecule has 1 amide bonds. The van der Waals surface area contributed by atoms with E-state index in [2.05, 4.69) is 35.4 Å². The van der Waals surface area contributed by atoms with Crippen molar-refractivity contribution in [2.45, 2.75) is 19.3 Å². The van der Waals surface area contributed by atoms with Crippen LogP contribution in [0, 0.1) is 5.82 Å². The Morgan fingerprint density at radius 3 is 2.70 bits per heavy atom. The highest BCUT2D eigenvalue weighted by Gasteiger charge is 2.20. The van der Waals surface area contributed by atoms with E-state index in [0.29, 0.717) is 50.4 Å². The molecule has 7 rings (SSSR count). The number of benzene rings is 2. The zero-order valence-electron chi connectivity index (χ0n) is 21.5. The van der Waals surface area contributed by atoms with Crippen LogP contribution in [0.2, 0.25) is 0 Å². The van der Waals surface area contributed by atoms with E-state index in [4.69, 9.17) is 4.98 Å². The molecular formula is C30H25FN8O. The monoisotopic (exact) mass is 532 g/mol. The summed E-state index contributed by atoms with van der Waals surface area (Å²) >= 11 is 0. The number of H-pyrrole nitrogens is 2. The van der Waals surface area contributed by atoms with Crippen LogP contribution < -0.4 is 10.2 Å². The SMILES string of the molecule is O=C(Nc1cncc(-c2cc3c(-c4nc5nccc(N6CCCCC6)c5[nH]4)n[nH]c3cc2F)c1)c1ccccc1. The van der Waals surface area contributed by atoms with Crippen molar-refractivity contribution in [2.75, 3.05) is 23.3 Å². The van der Waals surface area contributed by atoms with Crippen LogP contribution in [-0.4, -0.2) is 49.1 Å². The molecule has 10 heteroatoms. The van der Waals surface area contributed by atoms with Gasteiger partial charge in [-0.2, -0.15) is 5.10 Å². The number of carbonyl (C=O) groups is 1. The summed E-state index contributed by atoms with van der Waals surface area (Å²) in [6.45, 7) is 2.00. The first-order valence-electron chi connectivity index (χ1n) is 13.2. The average molecular weight is 533 g/mol. The van der Waals surface area contributed by atoms with Gasteiger partial charge >= 0.3 is 0 Å². The van der Waals surface area contributed by atoms with Gasteiger partial charge in [-0.1, -0.05) is 18.2 Å². The van der Waals surface area contributed by atoms with Crippen LogP contribution in [0.5, 0.6) is 0 Å². The number of halogens is 1. The van der Waals surface area contributed by atoms with Gasteiger partial charge in [0.1, 0.15) is 17.0 Å². The molecule has 1 fully saturated rings. The van der Waals surface area contributed by atoms with Gasteiger partial charge in [0.05, 0.1) is 23.1 Å². The molecule has 0 spiro atoms. The summed E-state index contributed by atoms with van der Waals surface area (Å²) in [6, 6.07) is 15.7. The molecule has 2 aromatic carbocycles. The largest absolute Gasteiger partial charge is 0.370 e. The molecule has 0 radical (unpaired) electrons. The number of hydrogen-bond acceptors (Lipinski definition) is 6. The second-order valence-corrected chi connectivity index (χ2v) is 9.89. The minimum Gasteiger partial charge on any atom is -0.370 e. The van der Waals surface area contributed by atoms with Gasteiger partial charge in [0.15, 0.2) is 11.5 Å². The second-order valence-electron chi connectivity index (χ2n) is 9.89. The highest BCUT2D eigenvalue weighted by Crippen LogP contribution is 2.34. The molecule has 0 unspecified atom stereocenters. The number of nitrogens with zero attached hydrogens (tertiary/aromatic N) is 5. The fourth-order valence-corrected chi connectivity index (χ4v) is 5.30. The molecule has 9 nitrogen and oxygen atoms in total. The predicted octanol–water partition coefficient (Wildman–Crippen LogP) is 5.94. The first-order chi connectivity index (χ1) is 19.6. The molecular weight excluding hydrogens is 507 g/mol. The lowest BCUT2D eigenvalue weighted by Crippen LogP contribution is -2.29. The fraction of sp³-hybridized carbons (Fsp3) is 0.167. The Bertz CT molecular complexity index is 1860. The Morgan fingerprint density at radius 1 is 1.00 bits per heavy atom. The second kappa shape index (κ2) is 9.88. The van der Waals surface area contributed by atoms with Crippen molar-refractivity contribution >= 4 is 39.3 Å². The number of aromatic nitrogens is 6. The van der Waals surface area contributed by atoms with Crippen LogP contribution >= 0.6 is 0 Å². The van der Waals surface area contributed by atoms with Crippen molar-refractivity contribution in [3.63, 3.8) is 0 Å². The topological polar surface area (TPSA) is 115 Å². The highest BCUT2D eigenvalue weighted by molar-refractivity contribution is 6.04.